The van der Waals surface area contributed by atoms with E-state index in [1.165, 1.54) is 18.9 Å². The molecule has 0 radical (unpaired) electrons. The quantitative estimate of drug-likeness (QED) is 0.340. The molecule has 1 saturated heterocycles. The van der Waals surface area contributed by atoms with Gasteiger partial charge in [-0.25, -0.2) is 4.79 Å². The zero-order valence-corrected chi connectivity index (χ0v) is 19.4. The van der Waals surface area contributed by atoms with Crippen molar-refractivity contribution in [3.63, 3.8) is 0 Å². The third kappa shape index (κ3) is 5.26. The largest absolute Gasteiger partial charge is 0.493 e. The summed E-state index contributed by atoms with van der Waals surface area (Å²) in [5.74, 6) is 0.241. The highest BCUT2D eigenvalue weighted by Gasteiger charge is 2.34. The van der Waals surface area contributed by atoms with E-state index in [-0.39, 0.29) is 12.5 Å². The average Bonchev–Trinajstić information content (AvgIpc) is 3.00. The molecule has 6 nitrogen and oxygen atoms in total. The van der Waals surface area contributed by atoms with Gasteiger partial charge in [-0.2, -0.15) is 0 Å². The predicted octanol–water partition coefficient (Wildman–Crippen LogP) is 4.66. The Morgan fingerprint density at radius 2 is 1.94 bits per heavy atom. The van der Waals surface area contributed by atoms with Gasteiger partial charge in [-0.15, -0.1) is 0 Å². The zero-order chi connectivity index (χ0) is 22.5. The first-order valence-electron chi connectivity index (χ1n) is 9.65. The van der Waals surface area contributed by atoms with Crippen molar-refractivity contribution in [2.45, 2.75) is 20.8 Å². The number of benzene rings is 2. The summed E-state index contributed by atoms with van der Waals surface area (Å²) in [6.07, 6.45) is 1.76. The summed E-state index contributed by atoms with van der Waals surface area (Å²) in [4.78, 5) is 26.7. The second-order valence-electron chi connectivity index (χ2n) is 6.81. The maximum atomic E-state index is 13.1. The van der Waals surface area contributed by atoms with E-state index in [4.69, 9.17) is 26.4 Å². The average molecular weight is 458 g/mol. The highest BCUT2D eigenvalue weighted by Crippen LogP contribution is 2.38. The Balaban J connectivity index is 1.82. The number of anilines is 1. The number of methoxy groups -OCH3 is 1. The minimum Gasteiger partial charge on any atom is -0.493 e. The zero-order valence-electron chi connectivity index (χ0n) is 17.8. The summed E-state index contributed by atoms with van der Waals surface area (Å²) in [6.45, 7) is 5.78. The number of hydrogen-bond donors (Lipinski definition) is 0. The molecule has 0 saturated carbocycles. The summed E-state index contributed by atoms with van der Waals surface area (Å²) in [6, 6.07) is 11.1. The normalized spacial score (nSPS) is 14.8. The lowest BCUT2D eigenvalue weighted by Gasteiger charge is -2.17. The minimum atomic E-state index is -0.455. The number of rotatable bonds is 7. The van der Waals surface area contributed by atoms with Crippen LogP contribution in [-0.2, 0) is 14.3 Å². The molecule has 1 aliphatic rings. The Morgan fingerprint density at radius 3 is 2.61 bits per heavy atom. The van der Waals surface area contributed by atoms with E-state index in [0.29, 0.717) is 27.3 Å². The molecular formula is C23H23NO5S2. The van der Waals surface area contributed by atoms with Crippen molar-refractivity contribution >= 4 is 51.9 Å². The summed E-state index contributed by atoms with van der Waals surface area (Å²) in [7, 11) is 1.51. The van der Waals surface area contributed by atoms with Gasteiger partial charge in [0.15, 0.2) is 22.4 Å². The molecule has 1 heterocycles. The van der Waals surface area contributed by atoms with Gasteiger partial charge < -0.3 is 14.2 Å². The SMILES string of the molecule is CCOC(=O)COc1ccc(/C=C2/SC(=S)N(c3ccc(C)cc3C)C2=O)cc1OC. The lowest BCUT2D eigenvalue weighted by atomic mass is 10.1. The van der Waals surface area contributed by atoms with Gasteiger partial charge in [0.05, 0.1) is 24.3 Å². The highest BCUT2D eigenvalue weighted by molar-refractivity contribution is 8.27. The fourth-order valence-electron chi connectivity index (χ4n) is 3.12. The minimum absolute atomic E-state index is 0.163. The second kappa shape index (κ2) is 9.98. The highest BCUT2D eigenvalue weighted by atomic mass is 32.2. The van der Waals surface area contributed by atoms with Crippen LogP contribution in [-0.4, -0.2) is 36.5 Å². The summed E-state index contributed by atoms with van der Waals surface area (Å²) in [5, 5.41) is 0. The Kier molecular flexibility index (Phi) is 7.35. The van der Waals surface area contributed by atoms with Crippen molar-refractivity contribution in [3.8, 4) is 11.5 Å². The molecule has 2 aromatic carbocycles. The fraction of sp³-hybridized carbons (Fsp3) is 0.261. The number of amides is 1. The van der Waals surface area contributed by atoms with E-state index < -0.39 is 5.97 Å². The Morgan fingerprint density at radius 1 is 1.16 bits per heavy atom. The number of thioether (sulfide) groups is 1. The second-order valence-corrected chi connectivity index (χ2v) is 8.49. The van der Waals surface area contributed by atoms with Gasteiger partial charge in [-0.1, -0.05) is 47.7 Å². The molecule has 1 fully saturated rings. The summed E-state index contributed by atoms with van der Waals surface area (Å²) >= 11 is 6.73. The molecule has 3 rings (SSSR count). The molecule has 8 heteroatoms. The number of carbonyl (C=O) groups is 2. The molecule has 0 spiro atoms. The van der Waals surface area contributed by atoms with E-state index in [1.807, 2.05) is 32.0 Å². The van der Waals surface area contributed by atoms with Gasteiger partial charge in [0, 0.05) is 0 Å². The van der Waals surface area contributed by atoms with Crippen LogP contribution in [0.15, 0.2) is 41.3 Å². The fourth-order valence-corrected chi connectivity index (χ4v) is 4.40. The van der Waals surface area contributed by atoms with Crippen LogP contribution in [0.3, 0.4) is 0 Å². The maximum absolute atomic E-state index is 13.1. The maximum Gasteiger partial charge on any atom is 0.344 e. The number of aryl methyl sites for hydroxylation is 2. The van der Waals surface area contributed by atoms with Crippen molar-refractivity contribution in [1.29, 1.82) is 0 Å². The van der Waals surface area contributed by atoms with Gasteiger partial charge in [0.25, 0.3) is 5.91 Å². The van der Waals surface area contributed by atoms with Crippen molar-refractivity contribution in [3.05, 3.63) is 58.0 Å². The van der Waals surface area contributed by atoms with E-state index in [9.17, 15) is 9.59 Å². The topological polar surface area (TPSA) is 65.1 Å². The first kappa shape index (κ1) is 22.8. The van der Waals surface area contributed by atoms with Gasteiger partial charge >= 0.3 is 5.97 Å². The molecule has 0 unspecified atom stereocenters. The molecule has 31 heavy (non-hydrogen) atoms. The molecule has 1 amide bonds. The number of nitrogens with zero attached hydrogens (tertiary/aromatic N) is 1. The number of ether oxygens (including phenoxy) is 3. The predicted molar refractivity (Wildman–Crippen MR) is 127 cm³/mol. The van der Waals surface area contributed by atoms with Crippen LogP contribution in [0.2, 0.25) is 0 Å². The molecular weight excluding hydrogens is 434 g/mol. The summed E-state index contributed by atoms with van der Waals surface area (Å²) < 4.78 is 16.2. The third-order valence-corrected chi connectivity index (χ3v) is 5.83. The Hall–Kier alpha value is -2.84. The molecule has 0 aromatic heterocycles. The van der Waals surface area contributed by atoms with Gasteiger partial charge in [-0.05, 0) is 56.2 Å². The number of carbonyl (C=O) groups excluding carboxylic acids is 2. The lowest BCUT2D eigenvalue weighted by molar-refractivity contribution is -0.145. The standard InChI is InChI=1S/C23H23NO5S2/c1-5-28-21(25)13-29-18-9-7-16(11-19(18)27-4)12-20-22(26)24(23(30)31-20)17-8-6-14(2)10-15(17)3/h6-12H,5,13H2,1-4H3/b20-12+. The molecule has 0 bridgehead atoms. The number of esters is 1. The van der Waals surface area contributed by atoms with Crippen LogP contribution >= 0.6 is 24.0 Å². The van der Waals surface area contributed by atoms with Crippen LogP contribution in [0.4, 0.5) is 5.69 Å². The summed E-state index contributed by atoms with van der Waals surface area (Å²) in [5.41, 5.74) is 3.65. The van der Waals surface area contributed by atoms with E-state index in [0.717, 1.165) is 22.4 Å². The molecule has 0 N–H and O–H groups in total. The monoisotopic (exact) mass is 457 g/mol. The van der Waals surface area contributed by atoms with Gasteiger partial charge in [0.1, 0.15) is 0 Å². The molecule has 162 valence electrons. The molecule has 2 aromatic rings. The van der Waals surface area contributed by atoms with E-state index in [2.05, 4.69) is 0 Å². The Bertz CT molecular complexity index is 1060. The Labute approximate surface area is 191 Å². The van der Waals surface area contributed by atoms with Crippen LogP contribution < -0.4 is 14.4 Å². The van der Waals surface area contributed by atoms with Crippen LogP contribution in [0.25, 0.3) is 6.08 Å². The molecule has 0 aliphatic carbocycles. The number of hydrogen-bond acceptors (Lipinski definition) is 7. The van der Waals surface area contributed by atoms with Crippen molar-refractivity contribution in [1.82, 2.24) is 0 Å². The van der Waals surface area contributed by atoms with Crippen molar-refractivity contribution < 1.29 is 23.8 Å². The van der Waals surface area contributed by atoms with Crippen LogP contribution in [0.5, 0.6) is 11.5 Å². The molecule has 0 atom stereocenters. The molecule has 1 aliphatic heterocycles. The smallest absolute Gasteiger partial charge is 0.344 e. The van der Waals surface area contributed by atoms with Crippen LogP contribution in [0.1, 0.15) is 23.6 Å². The number of thiocarbonyl (C=S) groups is 1. The van der Waals surface area contributed by atoms with Crippen molar-refractivity contribution in [2.24, 2.45) is 0 Å². The first-order chi connectivity index (χ1) is 14.8. The van der Waals surface area contributed by atoms with E-state index >= 15 is 0 Å². The van der Waals surface area contributed by atoms with Crippen LogP contribution in [0, 0.1) is 13.8 Å². The first-order valence-corrected chi connectivity index (χ1v) is 10.9. The third-order valence-electron chi connectivity index (χ3n) is 4.52. The lowest BCUT2D eigenvalue weighted by Crippen LogP contribution is -2.28. The van der Waals surface area contributed by atoms with Crippen molar-refractivity contribution in [2.75, 3.05) is 25.2 Å². The van der Waals surface area contributed by atoms with Gasteiger partial charge in [-0.3, -0.25) is 9.69 Å². The van der Waals surface area contributed by atoms with Gasteiger partial charge in [0.2, 0.25) is 0 Å². The van der Waals surface area contributed by atoms with E-state index in [1.54, 1.807) is 36.1 Å².